The normalized spacial score (nSPS) is 14.2. The number of aliphatic hydroxyl groups is 1. The molecule has 0 spiro atoms. The molecule has 4 rings (SSSR count). The highest BCUT2D eigenvalue weighted by molar-refractivity contribution is 5.79. The number of allylic oxidation sites excluding steroid dienone is 3. The van der Waals surface area contributed by atoms with Crippen molar-refractivity contribution in [3.8, 4) is 22.8 Å². The lowest BCUT2D eigenvalue weighted by molar-refractivity contribution is -0.274. The third-order valence-electron chi connectivity index (χ3n) is 6.12. The van der Waals surface area contributed by atoms with Crippen LogP contribution in [0, 0.1) is 5.41 Å². The van der Waals surface area contributed by atoms with Crippen LogP contribution in [0.25, 0.3) is 22.7 Å². The lowest BCUT2D eigenvalue weighted by Crippen LogP contribution is -2.23. The van der Waals surface area contributed by atoms with Gasteiger partial charge in [-0.1, -0.05) is 23.9 Å². The minimum Gasteiger partial charge on any atom is -0.512 e. The monoisotopic (exact) mass is 534 g/mol. The number of nitrogens with one attached hydrogen (secondary N) is 1. The zero-order chi connectivity index (χ0) is 28.0. The summed E-state index contributed by atoms with van der Waals surface area (Å²) in [5.41, 5.74) is 6.37. The van der Waals surface area contributed by atoms with E-state index in [2.05, 4.69) is 20.8 Å². The lowest BCUT2D eigenvalue weighted by Gasteiger charge is -2.24. The average molecular weight is 535 g/mol. The second-order valence-electron chi connectivity index (χ2n) is 9.55. The van der Waals surface area contributed by atoms with Crippen molar-refractivity contribution in [2.75, 3.05) is 6.61 Å². The molecular weight excluding hydrogens is 505 g/mol. The topological polar surface area (TPSA) is 63.6 Å². The molecule has 1 aromatic heterocycles. The predicted octanol–water partition coefficient (Wildman–Crippen LogP) is 8.04. The molecule has 2 N–H and O–H groups in total. The molecule has 1 aliphatic heterocycles. The van der Waals surface area contributed by atoms with Gasteiger partial charge < -0.3 is 19.9 Å². The van der Waals surface area contributed by atoms with E-state index in [-0.39, 0.29) is 11.5 Å². The van der Waals surface area contributed by atoms with Crippen molar-refractivity contribution < 1.29 is 27.8 Å². The van der Waals surface area contributed by atoms with Crippen molar-refractivity contribution in [2.45, 2.75) is 33.6 Å². The predicted molar refractivity (Wildman–Crippen MR) is 146 cm³/mol. The molecule has 0 amide bonds. The van der Waals surface area contributed by atoms with Gasteiger partial charge in [0.1, 0.15) is 18.1 Å². The van der Waals surface area contributed by atoms with E-state index in [1.807, 2.05) is 50.2 Å². The van der Waals surface area contributed by atoms with E-state index >= 15 is 0 Å². The van der Waals surface area contributed by atoms with Crippen LogP contribution in [0.2, 0.25) is 0 Å². The maximum Gasteiger partial charge on any atom is 0.573 e. The van der Waals surface area contributed by atoms with Gasteiger partial charge >= 0.3 is 6.36 Å². The molecule has 5 nitrogen and oxygen atoms in total. The van der Waals surface area contributed by atoms with Gasteiger partial charge in [0.25, 0.3) is 0 Å². The summed E-state index contributed by atoms with van der Waals surface area (Å²) in [6.45, 7) is 5.92. The number of hydrogen-bond acceptors (Lipinski definition) is 5. The Morgan fingerprint density at radius 1 is 1.05 bits per heavy atom. The number of rotatable bonds is 8. The number of halogens is 3. The van der Waals surface area contributed by atoms with Gasteiger partial charge in [0.05, 0.1) is 22.6 Å². The van der Waals surface area contributed by atoms with Crippen molar-refractivity contribution in [2.24, 2.45) is 5.41 Å². The number of aliphatic hydroxyl groups excluding tert-OH is 1. The summed E-state index contributed by atoms with van der Waals surface area (Å²) in [4.78, 5) is 4.58. The van der Waals surface area contributed by atoms with E-state index in [0.717, 1.165) is 16.8 Å². The summed E-state index contributed by atoms with van der Waals surface area (Å²) in [5.74, 6) is 0.672. The zero-order valence-electron chi connectivity index (χ0n) is 21.8. The molecule has 3 aromatic rings. The third kappa shape index (κ3) is 7.12. The number of para-hydroxylation sites is 1. The SMILES string of the molecule is CC=C(O)C(C)(C)COc1ccc(-c2ccc(C3=C=CCC=C(c4ccccc4OC(F)(F)F)N3)cn2)cc1. The smallest absolute Gasteiger partial charge is 0.512 e. The van der Waals surface area contributed by atoms with Crippen molar-refractivity contribution in [1.29, 1.82) is 0 Å². The summed E-state index contributed by atoms with van der Waals surface area (Å²) in [5, 5.41) is 13.2. The standard InChI is InChI=1S/C31H29F3N2O3/c1-4-29(37)30(2,3)20-38-23-16-13-21(14-17-23)25-18-15-22(19-35-25)26-10-6-7-11-27(36-26)24-9-5-8-12-28(24)39-31(32,33)34/h4-6,8-9,11-19,36-37H,7,20H2,1-3H3. The Bertz CT molecular complexity index is 1430. The average Bonchev–Trinajstić information content (AvgIpc) is 3.18. The van der Waals surface area contributed by atoms with Crippen LogP contribution in [0.1, 0.15) is 38.3 Å². The first-order valence-electron chi connectivity index (χ1n) is 12.4. The second-order valence-corrected chi connectivity index (χ2v) is 9.55. The van der Waals surface area contributed by atoms with Gasteiger partial charge in [-0.15, -0.1) is 13.2 Å². The minimum absolute atomic E-state index is 0.276. The molecule has 0 aliphatic carbocycles. The first-order chi connectivity index (χ1) is 18.6. The van der Waals surface area contributed by atoms with E-state index < -0.39 is 11.8 Å². The van der Waals surface area contributed by atoms with Crippen LogP contribution >= 0.6 is 0 Å². The highest BCUT2D eigenvalue weighted by Gasteiger charge is 2.32. The van der Waals surface area contributed by atoms with Gasteiger partial charge in [0.2, 0.25) is 0 Å². The van der Waals surface area contributed by atoms with Gasteiger partial charge in [-0.25, -0.2) is 0 Å². The van der Waals surface area contributed by atoms with Crippen LogP contribution in [0.4, 0.5) is 13.2 Å². The Labute approximate surface area is 225 Å². The van der Waals surface area contributed by atoms with Gasteiger partial charge in [0, 0.05) is 28.6 Å². The van der Waals surface area contributed by atoms with Crippen LogP contribution in [0.5, 0.6) is 11.5 Å². The molecule has 0 radical (unpaired) electrons. The highest BCUT2D eigenvalue weighted by atomic mass is 19.4. The van der Waals surface area contributed by atoms with Crippen molar-refractivity contribution in [3.63, 3.8) is 0 Å². The van der Waals surface area contributed by atoms with Crippen LogP contribution in [-0.2, 0) is 0 Å². The summed E-state index contributed by atoms with van der Waals surface area (Å²) in [7, 11) is 0. The van der Waals surface area contributed by atoms with Crippen LogP contribution in [-0.4, -0.2) is 23.1 Å². The molecule has 1 aliphatic rings. The second kappa shape index (κ2) is 11.5. The lowest BCUT2D eigenvalue weighted by atomic mass is 9.92. The van der Waals surface area contributed by atoms with Gasteiger partial charge in [0.15, 0.2) is 0 Å². The number of benzene rings is 2. The molecule has 202 valence electrons. The maximum atomic E-state index is 12.9. The van der Waals surface area contributed by atoms with Crippen LogP contribution < -0.4 is 14.8 Å². The van der Waals surface area contributed by atoms with E-state index in [4.69, 9.17) is 4.74 Å². The summed E-state index contributed by atoms with van der Waals surface area (Å²) >= 11 is 0. The number of ether oxygens (including phenoxy) is 2. The van der Waals surface area contributed by atoms with Gasteiger partial charge in [-0.2, -0.15) is 0 Å². The Hall–Kier alpha value is -4.42. The molecule has 2 aromatic carbocycles. The zero-order valence-corrected chi connectivity index (χ0v) is 21.8. The number of nitrogens with zero attached hydrogens (tertiary/aromatic N) is 1. The molecule has 0 unspecified atom stereocenters. The molecule has 0 bridgehead atoms. The summed E-state index contributed by atoms with van der Waals surface area (Å²) in [6, 6.07) is 17.3. The van der Waals surface area contributed by atoms with Crippen LogP contribution in [0.15, 0.2) is 96.6 Å². The molecule has 0 fully saturated rings. The highest BCUT2D eigenvalue weighted by Crippen LogP contribution is 2.32. The van der Waals surface area contributed by atoms with Crippen molar-refractivity contribution in [1.82, 2.24) is 10.3 Å². The van der Waals surface area contributed by atoms with E-state index in [9.17, 15) is 18.3 Å². The van der Waals surface area contributed by atoms with E-state index in [1.54, 1.807) is 43.5 Å². The molecule has 0 saturated heterocycles. The molecule has 39 heavy (non-hydrogen) atoms. The van der Waals surface area contributed by atoms with Gasteiger partial charge in [-0.3, -0.25) is 4.98 Å². The molecule has 2 heterocycles. The number of alkyl halides is 3. The Kier molecular flexibility index (Phi) is 8.17. The largest absolute Gasteiger partial charge is 0.573 e. The van der Waals surface area contributed by atoms with Crippen molar-refractivity contribution in [3.05, 3.63) is 108 Å². The fourth-order valence-electron chi connectivity index (χ4n) is 3.96. The minimum atomic E-state index is -4.80. The first kappa shape index (κ1) is 27.6. The quantitative estimate of drug-likeness (QED) is 0.226. The Morgan fingerprint density at radius 2 is 1.77 bits per heavy atom. The third-order valence-corrected chi connectivity index (χ3v) is 6.12. The number of pyridine rings is 1. The van der Waals surface area contributed by atoms with Gasteiger partial charge in [-0.05, 0) is 87.9 Å². The number of hydrogen-bond donors (Lipinski definition) is 2. The molecule has 0 saturated carbocycles. The van der Waals surface area contributed by atoms with Crippen LogP contribution in [0.3, 0.4) is 0 Å². The molecule has 8 heteroatoms. The van der Waals surface area contributed by atoms with E-state index in [0.29, 0.717) is 35.7 Å². The number of aromatic nitrogens is 1. The fraction of sp³-hybridized carbons (Fsp3) is 0.226. The molecular formula is C31H29F3N2O3. The fourth-order valence-corrected chi connectivity index (χ4v) is 3.96. The first-order valence-corrected chi connectivity index (χ1v) is 12.4. The summed E-state index contributed by atoms with van der Waals surface area (Å²) in [6.07, 6.45) is 2.62. The Balaban J connectivity index is 1.47. The summed E-state index contributed by atoms with van der Waals surface area (Å²) < 4.78 is 48.9. The van der Waals surface area contributed by atoms with Crippen molar-refractivity contribution >= 4 is 11.4 Å². The maximum absolute atomic E-state index is 12.9. The van der Waals surface area contributed by atoms with E-state index in [1.165, 1.54) is 12.1 Å². The Morgan fingerprint density at radius 3 is 2.44 bits per heavy atom. The molecule has 0 atom stereocenters.